The molecule has 0 aliphatic carbocycles. The number of rotatable bonds is 6. The molecule has 3 rings (SSSR count). The van der Waals surface area contributed by atoms with E-state index in [2.05, 4.69) is 4.90 Å². The normalized spacial score (nSPS) is 15.6. The number of morpholine rings is 1. The highest BCUT2D eigenvalue weighted by molar-refractivity contribution is 7.10. The van der Waals surface area contributed by atoms with Crippen LogP contribution in [0.25, 0.3) is 6.08 Å². The monoisotopic (exact) mass is 359 g/mol. The first-order valence-corrected chi connectivity index (χ1v) is 9.01. The zero-order chi connectivity index (χ0) is 17.6. The Hall–Kier alpha value is -2.15. The number of benzene rings is 1. The van der Waals surface area contributed by atoms with Crippen LogP contribution in [0.5, 0.6) is 11.5 Å². The second-order valence-electron chi connectivity index (χ2n) is 5.78. The summed E-state index contributed by atoms with van der Waals surface area (Å²) >= 11 is 1.56. The van der Waals surface area contributed by atoms with Crippen LogP contribution in [0.3, 0.4) is 0 Å². The van der Waals surface area contributed by atoms with Crippen LogP contribution in [0.4, 0.5) is 0 Å². The third-order valence-corrected chi connectivity index (χ3v) is 4.94. The minimum atomic E-state index is -0.225. The minimum absolute atomic E-state index is 0.0663. The maximum atomic E-state index is 12.5. The quantitative estimate of drug-likeness (QED) is 0.634. The summed E-state index contributed by atoms with van der Waals surface area (Å²) in [5, 5.41) is 12.2. The van der Waals surface area contributed by atoms with Crippen LogP contribution in [-0.4, -0.2) is 49.2 Å². The molecule has 0 unspecified atom stereocenters. The molecular formula is C19H21NO4S. The second kappa shape index (κ2) is 8.29. The highest BCUT2D eigenvalue weighted by Gasteiger charge is 2.18. The number of nitrogens with zero attached hydrogens (tertiary/aromatic N) is 1. The summed E-state index contributed by atoms with van der Waals surface area (Å²) in [5.41, 5.74) is 1.17. The van der Waals surface area contributed by atoms with Crippen LogP contribution in [0.1, 0.15) is 20.8 Å². The summed E-state index contributed by atoms with van der Waals surface area (Å²) < 4.78 is 10.7. The summed E-state index contributed by atoms with van der Waals surface area (Å²) in [4.78, 5) is 15.7. The average molecular weight is 359 g/mol. The SMILES string of the molecule is COc1cc(O)c(C(=O)/C=C/c2cccs2)cc1CN1CCOCC1. The van der Waals surface area contributed by atoms with Gasteiger partial charge in [-0.2, -0.15) is 0 Å². The average Bonchev–Trinajstić information content (AvgIpc) is 3.15. The summed E-state index contributed by atoms with van der Waals surface area (Å²) in [6.07, 6.45) is 3.25. The van der Waals surface area contributed by atoms with Gasteiger partial charge >= 0.3 is 0 Å². The molecule has 5 nitrogen and oxygen atoms in total. The number of ether oxygens (including phenoxy) is 2. The summed E-state index contributed by atoms with van der Waals surface area (Å²) in [6.45, 7) is 3.74. The minimum Gasteiger partial charge on any atom is -0.507 e. The van der Waals surface area contributed by atoms with Crippen molar-refractivity contribution in [3.8, 4) is 11.5 Å². The van der Waals surface area contributed by atoms with E-state index in [9.17, 15) is 9.90 Å². The van der Waals surface area contributed by atoms with Crippen molar-refractivity contribution in [3.63, 3.8) is 0 Å². The van der Waals surface area contributed by atoms with Crippen molar-refractivity contribution in [2.45, 2.75) is 6.54 Å². The molecule has 0 bridgehead atoms. The fourth-order valence-corrected chi connectivity index (χ4v) is 3.38. The van der Waals surface area contributed by atoms with E-state index in [1.54, 1.807) is 30.6 Å². The van der Waals surface area contributed by atoms with Crippen molar-refractivity contribution in [3.05, 3.63) is 51.7 Å². The van der Waals surface area contributed by atoms with Crippen molar-refractivity contribution >= 4 is 23.2 Å². The molecule has 0 amide bonds. The van der Waals surface area contributed by atoms with Gasteiger partial charge in [-0.15, -0.1) is 11.3 Å². The first kappa shape index (κ1) is 17.7. The molecule has 1 N–H and O–H groups in total. The van der Waals surface area contributed by atoms with E-state index in [4.69, 9.17) is 9.47 Å². The standard InChI is InChI=1S/C19H21NO4S/c1-23-19-12-18(22)16(17(21)5-4-15-3-2-10-25-15)11-14(19)13-20-6-8-24-9-7-20/h2-5,10-12,22H,6-9,13H2,1H3/b5-4+. The number of phenols is 1. The van der Waals surface area contributed by atoms with Gasteiger partial charge in [-0.05, 0) is 29.7 Å². The molecule has 2 aromatic rings. The van der Waals surface area contributed by atoms with Crippen LogP contribution >= 0.6 is 11.3 Å². The molecule has 25 heavy (non-hydrogen) atoms. The second-order valence-corrected chi connectivity index (χ2v) is 6.76. The Balaban J connectivity index is 1.83. The number of methoxy groups -OCH3 is 1. The molecular weight excluding hydrogens is 338 g/mol. The first-order valence-electron chi connectivity index (χ1n) is 8.13. The molecule has 1 aromatic carbocycles. The highest BCUT2D eigenvalue weighted by Crippen LogP contribution is 2.30. The molecule has 1 fully saturated rings. The van der Waals surface area contributed by atoms with Gasteiger partial charge in [0.05, 0.1) is 25.9 Å². The van der Waals surface area contributed by atoms with Crippen LogP contribution in [0, 0.1) is 0 Å². The van der Waals surface area contributed by atoms with Crippen LogP contribution in [0.2, 0.25) is 0 Å². The lowest BCUT2D eigenvalue weighted by atomic mass is 10.0. The molecule has 0 spiro atoms. The topological polar surface area (TPSA) is 59.0 Å². The third kappa shape index (κ3) is 4.48. The van der Waals surface area contributed by atoms with Gasteiger partial charge in [0.15, 0.2) is 5.78 Å². The molecule has 1 aliphatic heterocycles. The summed E-state index contributed by atoms with van der Waals surface area (Å²) in [6, 6.07) is 7.11. The molecule has 1 aromatic heterocycles. The Morgan fingerprint density at radius 3 is 2.88 bits per heavy atom. The Morgan fingerprint density at radius 1 is 1.40 bits per heavy atom. The number of aromatic hydroxyl groups is 1. The van der Waals surface area contributed by atoms with Crippen molar-refractivity contribution in [1.82, 2.24) is 4.90 Å². The van der Waals surface area contributed by atoms with E-state index in [1.165, 1.54) is 12.1 Å². The molecule has 0 atom stereocenters. The Morgan fingerprint density at radius 2 is 2.20 bits per heavy atom. The maximum absolute atomic E-state index is 12.5. The third-order valence-electron chi connectivity index (χ3n) is 4.10. The van der Waals surface area contributed by atoms with Gasteiger partial charge in [0.2, 0.25) is 0 Å². The lowest BCUT2D eigenvalue weighted by Gasteiger charge is -2.27. The van der Waals surface area contributed by atoms with E-state index in [0.717, 1.165) is 23.5 Å². The number of allylic oxidation sites excluding steroid dienone is 1. The number of thiophene rings is 1. The first-order chi connectivity index (χ1) is 12.2. The fraction of sp³-hybridized carbons (Fsp3) is 0.316. The number of hydrogen-bond acceptors (Lipinski definition) is 6. The van der Waals surface area contributed by atoms with E-state index in [1.807, 2.05) is 17.5 Å². The number of hydrogen-bond donors (Lipinski definition) is 1. The van der Waals surface area contributed by atoms with E-state index in [0.29, 0.717) is 25.5 Å². The predicted molar refractivity (Wildman–Crippen MR) is 98.4 cm³/mol. The predicted octanol–water partition coefficient (Wildman–Crippen LogP) is 3.19. The highest BCUT2D eigenvalue weighted by atomic mass is 32.1. The van der Waals surface area contributed by atoms with Gasteiger partial charge in [0.1, 0.15) is 11.5 Å². The van der Waals surface area contributed by atoms with Crippen LogP contribution in [-0.2, 0) is 11.3 Å². The van der Waals surface area contributed by atoms with Gasteiger partial charge in [-0.1, -0.05) is 6.07 Å². The summed E-state index contributed by atoms with van der Waals surface area (Å²) in [5.74, 6) is 0.294. The lowest BCUT2D eigenvalue weighted by Crippen LogP contribution is -2.35. The molecule has 2 heterocycles. The van der Waals surface area contributed by atoms with E-state index in [-0.39, 0.29) is 17.1 Å². The lowest BCUT2D eigenvalue weighted by molar-refractivity contribution is 0.0338. The molecule has 1 aliphatic rings. The van der Waals surface area contributed by atoms with Crippen molar-refractivity contribution in [2.75, 3.05) is 33.4 Å². The fourth-order valence-electron chi connectivity index (χ4n) is 2.76. The van der Waals surface area contributed by atoms with Crippen molar-refractivity contribution in [2.24, 2.45) is 0 Å². The Kier molecular flexibility index (Phi) is 5.86. The molecule has 6 heteroatoms. The zero-order valence-corrected chi connectivity index (χ0v) is 14.9. The maximum Gasteiger partial charge on any atom is 0.189 e. The number of phenolic OH excluding ortho intramolecular Hbond substituents is 1. The van der Waals surface area contributed by atoms with Gasteiger partial charge in [0.25, 0.3) is 0 Å². The van der Waals surface area contributed by atoms with Crippen LogP contribution < -0.4 is 4.74 Å². The molecule has 0 saturated carbocycles. The molecule has 0 radical (unpaired) electrons. The van der Waals surface area contributed by atoms with Gasteiger partial charge in [0, 0.05) is 36.1 Å². The smallest absolute Gasteiger partial charge is 0.189 e. The van der Waals surface area contributed by atoms with Gasteiger partial charge in [-0.25, -0.2) is 0 Å². The van der Waals surface area contributed by atoms with Crippen LogP contribution in [0.15, 0.2) is 35.7 Å². The summed E-state index contributed by atoms with van der Waals surface area (Å²) in [7, 11) is 1.57. The number of carbonyl (C=O) groups is 1. The molecule has 1 saturated heterocycles. The Bertz CT molecular complexity index is 749. The van der Waals surface area contributed by atoms with Crippen molar-refractivity contribution in [1.29, 1.82) is 0 Å². The number of carbonyl (C=O) groups excluding carboxylic acids is 1. The van der Waals surface area contributed by atoms with Gasteiger partial charge < -0.3 is 14.6 Å². The zero-order valence-electron chi connectivity index (χ0n) is 14.1. The Labute approximate surface area is 151 Å². The number of ketones is 1. The molecule has 132 valence electrons. The van der Waals surface area contributed by atoms with Crippen molar-refractivity contribution < 1.29 is 19.4 Å². The van der Waals surface area contributed by atoms with E-state index < -0.39 is 0 Å². The van der Waals surface area contributed by atoms with E-state index >= 15 is 0 Å². The van der Waals surface area contributed by atoms with Gasteiger partial charge in [-0.3, -0.25) is 9.69 Å². The largest absolute Gasteiger partial charge is 0.507 e.